The monoisotopic (exact) mass is 320 g/mol. The number of alkyl halides is 1. The third-order valence-electron chi connectivity index (χ3n) is 1.24. The third kappa shape index (κ3) is 10.8. The van der Waals surface area contributed by atoms with Crippen LogP contribution in [0.5, 0.6) is 0 Å². The molecule has 4 heteroatoms. The summed E-state index contributed by atoms with van der Waals surface area (Å²) in [7, 11) is 1.43. The van der Waals surface area contributed by atoms with Crippen LogP contribution in [0, 0.1) is 0 Å². The molecule has 0 heterocycles. The molecule has 0 spiro atoms. The fraction of sp³-hybridized carbons (Fsp3) is 0.857. The quantitative estimate of drug-likeness (QED) is 0.255. The van der Waals surface area contributed by atoms with Crippen molar-refractivity contribution in [3.05, 3.63) is 0 Å². The Morgan fingerprint density at radius 3 is 2.45 bits per heavy atom. The topological polar surface area (TPSA) is 26.3 Å². The van der Waals surface area contributed by atoms with Crippen molar-refractivity contribution >= 4 is 28.6 Å². The Morgan fingerprint density at radius 2 is 2.00 bits per heavy atom. The molecule has 0 aliphatic carbocycles. The summed E-state index contributed by atoms with van der Waals surface area (Å²) in [5, 5.41) is 0. The van der Waals surface area contributed by atoms with Gasteiger partial charge in [-0.15, -0.1) is 0 Å². The number of hydrogen-bond acceptors (Lipinski definition) is 2. The smallest absolute Gasteiger partial charge is 0.305 e. The Kier molecular flexibility index (Phi) is 14.1. The molecule has 11 heavy (non-hydrogen) atoms. The van der Waals surface area contributed by atoms with Gasteiger partial charge in [0.05, 0.1) is 7.11 Å². The number of methoxy groups -OCH3 is 1. The van der Waals surface area contributed by atoms with Crippen LogP contribution in [0.4, 0.5) is 0 Å². The maximum Gasteiger partial charge on any atom is 0.305 e. The summed E-state index contributed by atoms with van der Waals surface area (Å²) < 4.78 is 5.67. The number of rotatable bonds is 5. The van der Waals surface area contributed by atoms with Crippen LogP contribution in [0.3, 0.4) is 0 Å². The molecule has 0 aromatic heterocycles. The molecule has 0 bridgehead atoms. The summed E-state index contributed by atoms with van der Waals surface area (Å²) in [5.41, 5.74) is 0. The molecule has 0 aromatic carbocycles. The van der Waals surface area contributed by atoms with Gasteiger partial charge in [0, 0.05) is 25.9 Å². The Balaban J connectivity index is 0. The van der Waals surface area contributed by atoms with Crippen molar-refractivity contribution < 1.29 is 29.0 Å². The molecule has 0 unspecified atom stereocenters. The Hall–Kier alpha value is 0.823. The molecule has 62 valence electrons. The molecular weight excluding hydrogens is 308 g/mol. The van der Waals surface area contributed by atoms with E-state index in [1.54, 1.807) is 0 Å². The molecule has 0 rings (SSSR count). The van der Waals surface area contributed by atoms with Gasteiger partial charge in [-0.05, 0) is 17.3 Å². The Bertz CT molecular complexity index is 98.4. The van der Waals surface area contributed by atoms with Gasteiger partial charge in [0.1, 0.15) is 0 Å². The largest absolute Gasteiger partial charge is 0.469 e. The molecule has 2 nitrogen and oxygen atoms in total. The zero-order valence-corrected chi connectivity index (χ0v) is 12.1. The predicted molar refractivity (Wildman–Crippen MR) is 49.4 cm³/mol. The Labute approximate surface area is 94.3 Å². The molecule has 0 saturated heterocycles. The van der Waals surface area contributed by atoms with Crippen LogP contribution in [-0.4, -0.2) is 17.5 Å². The fourth-order valence-electron chi connectivity index (χ4n) is 0.643. The van der Waals surface area contributed by atoms with Gasteiger partial charge in [-0.1, -0.05) is 29.0 Å². The average Bonchev–Trinajstić information content (AvgIpc) is 1.98. The second-order valence-electron chi connectivity index (χ2n) is 2.08. The van der Waals surface area contributed by atoms with Gasteiger partial charge in [-0.3, -0.25) is 4.79 Å². The number of hydrogen-bond donors (Lipinski definition) is 0. The number of halogens is 1. The molecule has 0 radical (unpaired) electrons. The summed E-state index contributed by atoms with van der Waals surface area (Å²) in [6.45, 7) is 0. The number of esters is 1. The molecule has 0 aromatic rings. The van der Waals surface area contributed by atoms with E-state index in [2.05, 4.69) is 27.3 Å². The van der Waals surface area contributed by atoms with Crippen LogP contribution in [0.2, 0.25) is 0 Å². The zero-order chi connectivity index (χ0) is 7.82. The van der Waals surface area contributed by atoms with E-state index < -0.39 is 0 Å². The predicted octanol–water partition coefficient (Wildman–Crippen LogP) is 2.15. The van der Waals surface area contributed by atoms with E-state index in [-0.39, 0.29) is 25.4 Å². The minimum atomic E-state index is -0.0894. The zero-order valence-electron chi connectivity index (χ0n) is 6.94. The second-order valence-corrected chi connectivity index (χ2v) is 3.15. The number of ether oxygens (including phenoxy) is 1. The maximum atomic E-state index is 10.6. The van der Waals surface area contributed by atoms with Gasteiger partial charge in [0.25, 0.3) is 0 Å². The van der Waals surface area contributed by atoms with Gasteiger partial charge < -0.3 is 4.74 Å². The van der Waals surface area contributed by atoms with Crippen LogP contribution < -0.4 is 0 Å². The summed E-state index contributed by atoms with van der Waals surface area (Å²) >= 11 is 2.34. The summed E-state index contributed by atoms with van der Waals surface area (Å²) in [6.07, 6.45) is 3.89. The summed E-state index contributed by atoms with van der Waals surface area (Å²) in [6, 6.07) is 0. The molecule has 0 atom stereocenters. The molecule has 0 aliphatic rings. The van der Waals surface area contributed by atoms with Crippen LogP contribution in [0.25, 0.3) is 0 Å². The van der Waals surface area contributed by atoms with E-state index >= 15 is 0 Å². The van der Waals surface area contributed by atoms with E-state index in [1.165, 1.54) is 18.0 Å². The van der Waals surface area contributed by atoms with Crippen molar-refractivity contribution in [1.29, 1.82) is 0 Å². The molecular formula is C7H13IO2Zn. The first-order valence-electron chi connectivity index (χ1n) is 3.44. The molecule has 0 amide bonds. The standard InChI is InChI=1S/C7H13IO2.Zn/c1-10-7(9)5-3-2-4-6-8;/h2-6H2,1H3;. The van der Waals surface area contributed by atoms with E-state index in [1.807, 2.05) is 0 Å². The van der Waals surface area contributed by atoms with Crippen molar-refractivity contribution in [3.63, 3.8) is 0 Å². The minimum Gasteiger partial charge on any atom is -0.469 e. The van der Waals surface area contributed by atoms with Gasteiger partial charge >= 0.3 is 5.97 Å². The van der Waals surface area contributed by atoms with Gasteiger partial charge in [0.2, 0.25) is 0 Å². The number of unbranched alkanes of at least 4 members (excludes halogenated alkanes) is 2. The average molecular weight is 321 g/mol. The maximum absolute atomic E-state index is 10.6. The third-order valence-corrected chi connectivity index (χ3v) is 2.00. The molecule has 0 saturated carbocycles. The van der Waals surface area contributed by atoms with Crippen LogP contribution >= 0.6 is 22.6 Å². The Morgan fingerprint density at radius 1 is 1.36 bits per heavy atom. The van der Waals surface area contributed by atoms with Crippen molar-refractivity contribution in [3.8, 4) is 0 Å². The van der Waals surface area contributed by atoms with Gasteiger partial charge in [-0.2, -0.15) is 0 Å². The second kappa shape index (κ2) is 10.8. The van der Waals surface area contributed by atoms with Crippen molar-refractivity contribution in [2.45, 2.75) is 25.7 Å². The number of carbonyl (C=O) groups is 1. The van der Waals surface area contributed by atoms with Crippen molar-refractivity contribution in [1.82, 2.24) is 0 Å². The van der Waals surface area contributed by atoms with E-state index in [0.717, 1.165) is 12.8 Å². The number of carbonyl (C=O) groups excluding carboxylic acids is 1. The van der Waals surface area contributed by atoms with Crippen LogP contribution in [0.1, 0.15) is 25.7 Å². The SMILES string of the molecule is COC(=O)CCCCCI.[Zn]. The van der Waals surface area contributed by atoms with E-state index in [4.69, 9.17) is 0 Å². The molecule has 0 fully saturated rings. The van der Waals surface area contributed by atoms with E-state index in [0.29, 0.717) is 6.42 Å². The van der Waals surface area contributed by atoms with Gasteiger partial charge in [0.15, 0.2) is 0 Å². The van der Waals surface area contributed by atoms with Crippen LogP contribution in [-0.2, 0) is 29.0 Å². The molecule has 0 N–H and O–H groups in total. The summed E-state index contributed by atoms with van der Waals surface area (Å²) in [4.78, 5) is 10.6. The molecule has 0 aliphatic heterocycles. The fourth-order valence-corrected chi connectivity index (χ4v) is 1.18. The van der Waals surface area contributed by atoms with Crippen molar-refractivity contribution in [2.24, 2.45) is 0 Å². The van der Waals surface area contributed by atoms with Crippen molar-refractivity contribution in [2.75, 3.05) is 11.5 Å². The first kappa shape index (κ1) is 14.4. The normalized spacial score (nSPS) is 8.55. The van der Waals surface area contributed by atoms with Gasteiger partial charge in [-0.25, -0.2) is 0 Å². The first-order chi connectivity index (χ1) is 4.81. The summed E-state index contributed by atoms with van der Waals surface area (Å²) in [5.74, 6) is -0.0894. The first-order valence-corrected chi connectivity index (χ1v) is 4.96. The minimum absolute atomic E-state index is 0. The van der Waals surface area contributed by atoms with Crippen LogP contribution in [0.15, 0.2) is 0 Å². The van der Waals surface area contributed by atoms with E-state index in [9.17, 15) is 4.79 Å².